The molecule has 164 valence electrons. The van der Waals surface area contributed by atoms with Gasteiger partial charge in [0.15, 0.2) is 0 Å². The molecule has 6 nitrogen and oxygen atoms in total. The minimum Gasteiger partial charge on any atom is -0.507 e. The molecular weight excluding hydrogens is 484 g/mol. The second kappa shape index (κ2) is 9.85. The minimum atomic E-state index is -0.706. The fourth-order valence-corrected chi connectivity index (χ4v) is 4.15. The molecule has 3 rings (SSSR count). The Morgan fingerprint density at radius 3 is 2.45 bits per heavy atom. The molecule has 1 amide bonds. The monoisotopic (exact) mass is 506 g/mol. The van der Waals surface area contributed by atoms with Crippen LogP contribution in [0.5, 0.6) is 5.75 Å². The molecule has 1 aliphatic heterocycles. The van der Waals surface area contributed by atoms with Crippen LogP contribution >= 0.6 is 27.5 Å². The van der Waals surface area contributed by atoms with Gasteiger partial charge in [-0.25, -0.2) is 0 Å². The molecule has 0 saturated carbocycles. The molecule has 1 aliphatic rings. The fraction of sp³-hybridized carbons (Fsp3) is 0.304. The number of ketones is 1. The summed E-state index contributed by atoms with van der Waals surface area (Å²) in [6.07, 6.45) is 0.696. The van der Waals surface area contributed by atoms with E-state index < -0.39 is 17.7 Å². The van der Waals surface area contributed by atoms with Gasteiger partial charge in [0.2, 0.25) is 0 Å². The third-order valence-corrected chi connectivity index (χ3v) is 5.98. The van der Waals surface area contributed by atoms with Gasteiger partial charge in [0.05, 0.1) is 23.7 Å². The zero-order valence-electron chi connectivity index (χ0n) is 17.6. The molecule has 1 fully saturated rings. The summed E-state index contributed by atoms with van der Waals surface area (Å²) in [7, 11) is 5.40. The molecule has 0 radical (unpaired) electrons. The van der Waals surface area contributed by atoms with Crippen molar-refractivity contribution in [3.63, 3.8) is 0 Å². The average molecular weight is 508 g/mol. The average Bonchev–Trinajstić information content (AvgIpc) is 2.98. The van der Waals surface area contributed by atoms with Crippen molar-refractivity contribution in [2.24, 2.45) is 0 Å². The molecule has 0 aromatic heterocycles. The maximum atomic E-state index is 13.0. The summed E-state index contributed by atoms with van der Waals surface area (Å²) >= 11 is 9.62. The van der Waals surface area contributed by atoms with Gasteiger partial charge in [-0.3, -0.25) is 9.59 Å². The lowest BCUT2D eigenvalue weighted by Crippen LogP contribution is -2.32. The highest BCUT2D eigenvalue weighted by atomic mass is 79.9. The lowest BCUT2D eigenvalue weighted by molar-refractivity contribution is -0.139. The topological polar surface area (TPSA) is 70.1 Å². The van der Waals surface area contributed by atoms with Crippen LogP contribution in [0.15, 0.2) is 52.5 Å². The lowest BCUT2D eigenvalue weighted by atomic mass is 9.95. The molecule has 1 atom stereocenters. The first-order chi connectivity index (χ1) is 14.7. The number of amides is 1. The molecule has 1 unspecified atom stereocenters. The van der Waals surface area contributed by atoms with E-state index in [4.69, 9.17) is 16.3 Å². The number of methoxy groups -OCH3 is 1. The van der Waals surface area contributed by atoms with Crippen molar-refractivity contribution in [2.75, 3.05) is 34.3 Å². The Morgan fingerprint density at radius 1 is 1.19 bits per heavy atom. The molecule has 1 N–H and O–H groups in total. The van der Waals surface area contributed by atoms with Crippen LogP contribution in [0.1, 0.15) is 23.6 Å². The number of hydrogen-bond donors (Lipinski definition) is 1. The summed E-state index contributed by atoms with van der Waals surface area (Å²) < 4.78 is 6.04. The maximum absolute atomic E-state index is 13.0. The Kier molecular flexibility index (Phi) is 7.41. The number of ether oxygens (including phenoxy) is 1. The van der Waals surface area contributed by atoms with Crippen LogP contribution in [0.4, 0.5) is 0 Å². The standard InChI is InChI=1S/C23H24BrClN2O4/c1-26(2)11-4-12-27-20(14-5-8-16(24)9-6-14)19(22(29)23(27)30)21(28)15-7-10-18(31-3)17(25)13-15/h5-10,13,20,28H,4,11-12H2,1-3H3/b21-19-. The third kappa shape index (κ3) is 4.95. The number of nitrogens with zero attached hydrogens (tertiary/aromatic N) is 2. The smallest absolute Gasteiger partial charge is 0.295 e. The van der Waals surface area contributed by atoms with Gasteiger partial charge < -0.3 is 19.6 Å². The van der Waals surface area contributed by atoms with Crippen LogP contribution in [0, 0.1) is 0 Å². The minimum absolute atomic E-state index is 0.0541. The van der Waals surface area contributed by atoms with Gasteiger partial charge in [0, 0.05) is 16.6 Å². The summed E-state index contributed by atoms with van der Waals surface area (Å²) in [5.74, 6) is -1.13. The number of aliphatic hydroxyl groups excluding tert-OH is 1. The predicted molar refractivity (Wildman–Crippen MR) is 124 cm³/mol. The molecule has 2 aromatic rings. The Balaban J connectivity index is 2.10. The zero-order chi connectivity index (χ0) is 22.7. The van der Waals surface area contributed by atoms with Gasteiger partial charge in [-0.15, -0.1) is 0 Å². The maximum Gasteiger partial charge on any atom is 0.295 e. The molecule has 1 heterocycles. The van der Waals surface area contributed by atoms with E-state index in [2.05, 4.69) is 15.9 Å². The summed E-state index contributed by atoms with van der Waals surface area (Å²) in [6, 6.07) is 11.4. The highest BCUT2D eigenvalue weighted by molar-refractivity contribution is 9.10. The highest BCUT2D eigenvalue weighted by Crippen LogP contribution is 2.40. The van der Waals surface area contributed by atoms with Crippen molar-refractivity contribution in [2.45, 2.75) is 12.5 Å². The van der Waals surface area contributed by atoms with E-state index in [1.54, 1.807) is 12.1 Å². The lowest BCUT2D eigenvalue weighted by Gasteiger charge is -2.26. The van der Waals surface area contributed by atoms with Crippen molar-refractivity contribution in [3.05, 3.63) is 68.7 Å². The van der Waals surface area contributed by atoms with Gasteiger partial charge in [-0.2, -0.15) is 0 Å². The number of rotatable bonds is 7. The first-order valence-corrected chi connectivity index (χ1v) is 10.9. The van der Waals surface area contributed by atoms with E-state index in [0.717, 1.165) is 16.6 Å². The van der Waals surface area contributed by atoms with Crippen molar-refractivity contribution in [1.29, 1.82) is 0 Å². The van der Waals surface area contributed by atoms with Gasteiger partial charge in [-0.05, 0) is 63.0 Å². The largest absolute Gasteiger partial charge is 0.507 e. The number of carbonyl (C=O) groups excluding carboxylic acids is 2. The SMILES string of the molecule is COc1ccc(/C(O)=C2/C(=O)C(=O)N(CCCN(C)C)C2c2ccc(Br)cc2)cc1Cl. The number of halogens is 2. The van der Waals surface area contributed by atoms with Gasteiger partial charge >= 0.3 is 0 Å². The second-order valence-electron chi connectivity index (χ2n) is 7.55. The van der Waals surface area contributed by atoms with Crippen molar-refractivity contribution in [3.8, 4) is 5.75 Å². The predicted octanol–water partition coefficient (Wildman–Crippen LogP) is 4.48. The van der Waals surface area contributed by atoms with E-state index >= 15 is 0 Å². The number of Topliss-reactive ketones (excluding diaryl/α,β-unsaturated/α-hetero) is 1. The molecule has 2 aromatic carbocycles. The summed E-state index contributed by atoms with van der Waals surface area (Å²) in [4.78, 5) is 29.5. The van der Waals surface area contributed by atoms with Gasteiger partial charge in [0.1, 0.15) is 11.5 Å². The number of benzene rings is 2. The molecule has 0 bridgehead atoms. The van der Waals surface area contributed by atoms with Crippen molar-refractivity contribution < 1.29 is 19.4 Å². The van der Waals surface area contributed by atoms with Crippen molar-refractivity contribution >= 4 is 45.0 Å². The Morgan fingerprint density at radius 2 is 1.87 bits per heavy atom. The Hall–Kier alpha value is -2.35. The third-order valence-electron chi connectivity index (χ3n) is 5.16. The van der Waals surface area contributed by atoms with Crippen LogP contribution in [-0.2, 0) is 9.59 Å². The van der Waals surface area contributed by atoms with Crippen LogP contribution in [-0.4, -0.2) is 60.9 Å². The van der Waals surface area contributed by atoms with E-state index in [1.165, 1.54) is 18.1 Å². The van der Waals surface area contributed by atoms with E-state index in [-0.39, 0.29) is 11.3 Å². The Bertz CT molecular complexity index is 1020. The first-order valence-electron chi connectivity index (χ1n) is 9.77. The van der Waals surface area contributed by atoms with E-state index in [9.17, 15) is 14.7 Å². The molecular formula is C23H24BrClN2O4. The normalized spacial score (nSPS) is 18.1. The zero-order valence-corrected chi connectivity index (χ0v) is 19.9. The number of carbonyl (C=O) groups is 2. The highest BCUT2D eigenvalue weighted by Gasteiger charge is 2.45. The molecule has 31 heavy (non-hydrogen) atoms. The van der Waals surface area contributed by atoms with Crippen molar-refractivity contribution in [1.82, 2.24) is 9.80 Å². The Labute approximate surface area is 195 Å². The fourth-order valence-electron chi connectivity index (χ4n) is 3.63. The number of aliphatic hydroxyl groups is 1. The summed E-state index contributed by atoms with van der Waals surface area (Å²) in [6.45, 7) is 1.16. The van der Waals surface area contributed by atoms with Crippen LogP contribution in [0.25, 0.3) is 5.76 Å². The molecule has 0 aliphatic carbocycles. The first kappa shape index (κ1) is 23.3. The molecule has 1 saturated heterocycles. The second-order valence-corrected chi connectivity index (χ2v) is 8.87. The van der Waals surface area contributed by atoms with E-state index in [0.29, 0.717) is 29.3 Å². The van der Waals surface area contributed by atoms with Gasteiger partial charge in [-0.1, -0.05) is 39.7 Å². The molecule has 0 spiro atoms. The number of hydrogen-bond acceptors (Lipinski definition) is 5. The quantitative estimate of drug-likeness (QED) is 0.340. The van der Waals surface area contributed by atoms with E-state index in [1.807, 2.05) is 43.3 Å². The van der Waals surface area contributed by atoms with Crippen LogP contribution < -0.4 is 4.74 Å². The van der Waals surface area contributed by atoms with Crippen LogP contribution in [0.2, 0.25) is 5.02 Å². The summed E-state index contributed by atoms with van der Waals surface area (Å²) in [5.41, 5.74) is 1.14. The molecule has 8 heteroatoms. The van der Waals surface area contributed by atoms with Crippen LogP contribution in [0.3, 0.4) is 0 Å². The number of likely N-dealkylation sites (tertiary alicyclic amines) is 1. The summed E-state index contributed by atoms with van der Waals surface area (Å²) in [5, 5.41) is 11.4. The van der Waals surface area contributed by atoms with Gasteiger partial charge in [0.25, 0.3) is 11.7 Å².